The highest BCUT2D eigenvalue weighted by Crippen LogP contribution is 2.27. The Hall–Kier alpha value is -2.25. The molecule has 142 valence electrons. The van der Waals surface area contributed by atoms with Crippen molar-refractivity contribution in [1.29, 1.82) is 0 Å². The number of rotatable bonds is 5. The molecule has 0 aliphatic carbocycles. The van der Waals surface area contributed by atoms with Crippen LogP contribution in [0.15, 0.2) is 47.5 Å². The van der Waals surface area contributed by atoms with Crippen LogP contribution in [0.25, 0.3) is 11.2 Å². The lowest BCUT2D eigenvalue weighted by Crippen LogP contribution is -2.29. The average molecular weight is 385 g/mol. The first kappa shape index (κ1) is 18.1. The fourth-order valence-corrected chi connectivity index (χ4v) is 5.27. The van der Waals surface area contributed by atoms with Crippen LogP contribution in [-0.4, -0.2) is 40.3 Å². The molecule has 6 nitrogen and oxygen atoms in total. The summed E-state index contributed by atoms with van der Waals surface area (Å²) >= 11 is 0. The summed E-state index contributed by atoms with van der Waals surface area (Å²) in [7, 11) is -1.46. The molecule has 0 N–H and O–H groups in total. The Morgan fingerprint density at radius 3 is 2.67 bits per heavy atom. The quantitative estimate of drug-likeness (QED) is 0.678. The highest BCUT2D eigenvalue weighted by molar-refractivity contribution is 7.89. The van der Waals surface area contributed by atoms with Crippen LogP contribution in [0.1, 0.15) is 24.7 Å². The van der Waals surface area contributed by atoms with Crippen molar-refractivity contribution in [3.63, 3.8) is 0 Å². The zero-order valence-corrected chi connectivity index (χ0v) is 16.5. The predicted octanol–water partition coefficient (Wildman–Crippen LogP) is 2.78. The Bertz CT molecular complexity index is 1060. The molecule has 0 amide bonds. The van der Waals surface area contributed by atoms with Gasteiger partial charge in [-0.1, -0.05) is 19.1 Å². The molecule has 1 atom stereocenters. The number of nitrogens with zero attached hydrogens (tertiary/aromatic N) is 4. The second-order valence-corrected chi connectivity index (χ2v) is 9.09. The predicted molar refractivity (Wildman–Crippen MR) is 105 cm³/mol. The SMILES string of the molecule is CCc1ccc(S(=O)(=O)N2CCC(Cc3nc4cccnc4n3C)C2)cc1. The molecule has 2 aromatic heterocycles. The van der Waals surface area contributed by atoms with E-state index < -0.39 is 10.0 Å². The fraction of sp³-hybridized carbons (Fsp3) is 0.400. The Morgan fingerprint density at radius 1 is 1.19 bits per heavy atom. The summed E-state index contributed by atoms with van der Waals surface area (Å²) < 4.78 is 29.5. The molecule has 4 rings (SSSR count). The van der Waals surface area contributed by atoms with E-state index in [0.717, 1.165) is 41.8 Å². The molecule has 27 heavy (non-hydrogen) atoms. The Kier molecular flexibility index (Phi) is 4.74. The first-order valence-electron chi connectivity index (χ1n) is 9.34. The number of fused-ring (bicyclic) bond motifs is 1. The molecule has 1 unspecified atom stereocenters. The first-order chi connectivity index (χ1) is 13.0. The van der Waals surface area contributed by atoms with Crippen molar-refractivity contribution in [1.82, 2.24) is 18.8 Å². The third-order valence-electron chi connectivity index (χ3n) is 5.41. The van der Waals surface area contributed by atoms with Gasteiger partial charge in [-0.25, -0.2) is 18.4 Å². The van der Waals surface area contributed by atoms with Crippen LogP contribution in [0, 0.1) is 5.92 Å². The van der Waals surface area contributed by atoms with E-state index in [1.165, 1.54) is 0 Å². The molecule has 0 bridgehead atoms. The minimum atomic E-state index is -3.43. The van der Waals surface area contributed by atoms with E-state index in [1.807, 2.05) is 35.9 Å². The minimum absolute atomic E-state index is 0.269. The molecule has 3 aromatic rings. The summed E-state index contributed by atoms with van der Waals surface area (Å²) in [5, 5.41) is 0. The van der Waals surface area contributed by atoms with Gasteiger partial charge in [0.25, 0.3) is 0 Å². The smallest absolute Gasteiger partial charge is 0.243 e. The van der Waals surface area contributed by atoms with Gasteiger partial charge in [0.15, 0.2) is 5.65 Å². The standard InChI is InChI=1S/C20H24N4O2S/c1-3-15-6-8-17(9-7-15)27(25,26)24-12-10-16(14-24)13-19-22-18-5-4-11-21-20(18)23(19)2/h4-9,11,16H,3,10,12-14H2,1-2H3. The van der Waals surface area contributed by atoms with Crippen molar-refractivity contribution in [3.8, 4) is 0 Å². The van der Waals surface area contributed by atoms with Gasteiger partial charge in [-0.15, -0.1) is 0 Å². The maximum Gasteiger partial charge on any atom is 0.243 e. The van der Waals surface area contributed by atoms with E-state index in [4.69, 9.17) is 0 Å². The Balaban J connectivity index is 1.49. The van der Waals surface area contributed by atoms with Crippen molar-refractivity contribution in [2.24, 2.45) is 13.0 Å². The molecule has 1 aliphatic rings. The number of pyridine rings is 1. The van der Waals surface area contributed by atoms with E-state index >= 15 is 0 Å². The Labute approximate surface area is 159 Å². The van der Waals surface area contributed by atoms with Crippen molar-refractivity contribution < 1.29 is 8.42 Å². The van der Waals surface area contributed by atoms with Gasteiger partial charge in [0.1, 0.15) is 11.3 Å². The lowest BCUT2D eigenvalue weighted by Gasteiger charge is -2.17. The number of aromatic nitrogens is 3. The highest BCUT2D eigenvalue weighted by atomic mass is 32.2. The molecule has 0 radical (unpaired) electrons. The summed E-state index contributed by atoms with van der Waals surface area (Å²) in [4.78, 5) is 9.43. The van der Waals surface area contributed by atoms with Crippen LogP contribution in [-0.2, 0) is 29.9 Å². The number of hydrogen-bond acceptors (Lipinski definition) is 4. The van der Waals surface area contributed by atoms with E-state index in [9.17, 15) is 8.42 Å². The van der Waals surface area contributed by atoms with Crippen LogP contribution in [0.2, 0.25) is 0 Å². The number of aryl methyl sites for hydroxylation is 2. The maximum absolute atomic E-state index is 12.9. The number of imidazole rings is 1. The van der Waals surface area contributed by atoms with Gasteiger partial charge in [0.2, 0.25) is 10.0 Å². The monoisotopic (exact) mass is 384 g/mol. The topological polar surface area (TPSA) is 68.1 Å². The van der Waals surface area contributed by atoms with Crippen molar-refractivity contribution >= 4 is 21.2 Å². The van der Waals surface area contributed by atoms with Crippen molar-refractivity contribution in [2.45, 2.75) is 31.1 Å². The molecule has 1 aromatic carbocycles. The van der Waals surface area contributed by atoms with Gasteiger partial charge in [-0.05, 0) is 48.6 Å². The van der Waals surface area contributed by atoms with Crippen LogP contribution in [0.4, 0.5) is 0 Å². The first-order valence-corrected chi connectivity index (χ1v) is 10.8. The molecule has 1 fully saturated rings. The van der Waals surface area contributed by atoms with Crippen molar-refractivity contribution in [2.75, 3.05) is 13.1 Å². The van der Waals surface area contributed by atoms with Gasteiger partial charge < -0.3 is 4.57 Å². The minimum Gasteiger partial charge on any atom is -0.316 e. The molecule has 0 spiro atoms. The Morgan fingerprint density at radius 2 is 1.96 bits per heavy atom. The largest absolute Gasteiger partial charge is 0.316 e. The molecule has 3 heterocycles. The van der Waals surface area contributed by atoms with Crippen LogP contribution in [0.5, 0.6) is 0 Å². The normalized spacial score (nSPS) is 18.4. The molecule has 7 heteroatoms. The van der Waals surface area contributed by atoms with Gasteiger partial charge in [0.05, 0.1) is 4.90 Å². The third kappa shape index (κ3) is 3.37. The summed E-state index contributed by atoms with van der Waals surface area (Å²) in [6.45, 7) is 3.16. The zero-order chi connectivity index (χ0) is 19.0. The molecule has 0 saturated carbocycles. The number of benzene rings is 1. The molecule has 1 aliphatic heterocycles. The van der Waals surface area contributed by atoms with Gasteiger partial charge in [0, 0.05) is 32.8 Å². The summed E-state index contributed by atoms with van der Waals surface area (Å²) in [5.74, 6) is 1.23. The lowest BCUT2D eigenvalue weighted by molar-refractivity contribution is 0.452. The van der Waals surface area contributed by atoms with Crippen LogP contribution < -0.4 is 0 Å². The summed E-state index contributed by atoms with van der Waals surface area (Å²) in [5.41, 5.74) is 2.89. The van der Waals surface area contributed by atoms with E-state index in [-0.39, 0.29) is 5.92 Å². The third-order valence-corrected chi connectivity index (χ3v) is 7.29. The van der Waals surface area contributed by atoms with E-state index in [0.29, 0.717) is 18.0 Å². The van der Waals surface area contributed by atoms with Gasteiger partial charge >= 0.3 is 0 Å². The fourth-order valence-electron chi connectivity index (χ4n) is 3.74. The average Bonchev–Trinajstić information content (AvgIpc) is 3.28. The molecule has 1 saturated heterocycles. The molecular formula is C20H24N4O2S. The highest BCUT2D eigenvalue weighted by Gasteiger charge is 2.33. The lowest BCUT2D eigenvalue weighted by atomic mass is 10.1. The van der Waals surface area contributed by atoms with Gasteiger partial charge in [-0.2, -0.15) is 4.31 Å². The summed E-state index contributed by atoms with van der Waals surface area (Å²) in [6, 6.07) is 11.1. The van der Waals surface area contributed by atoms with Crippen molar-refractivity contribution in [3.05, 3.63) is 54.0 Å². The van der Waals surface area contributed by atoms with E-state index in [1.54, 1.807) is 22.6 Å². The number of hydrogen-bond donors (Lipinski definition) is 0. The summed E-state index contributed by atoms with van der Waals surface area (Å²) in [6.07, 6.45) is 4.27. The van der Waals surface area contributed by atoms with Gasteiger partial charge in [-0.3, -0.25) is 0 Å². The second kappa shape index (κ2) is 7.05. The molecular weight excluding hydrogens is 360 g/mol. The maximum atomic E-state index is 12.9. The second-order valence-electron chi connectivity index (χ2n) is 7.15. The zero-order valence-electron chi connectivity index (χ0n) is 15.7. The van der Waals surface area contributed by atoms with Crippen LogP contribution in [0.3, 0.4) is 0 Å². The van der Waals surface area contributed by atoms with E-state index in [2.05, 4.69) is 16.9 Å². The van der Waals surface area contributed by atoms with Crippen LogP contribution >= 0.6 is 0 Å². The number of sulfonamides is 1.